The van der Waals surface area contributed by atoms with E-state index in [1.807, 2.05) is 6.92 Å². The molecule has 98 valence electrons. The van der Waals surface area contributed by atoms with Crippen LogP contribution in [0.15, 0.2) is 0 Å². The molecule has 1 unspecified atom stereocenters. The second-order valence-corrected chi connectivity index (χ2v) is 4.94. The predicted octanol–water partition coefficient (Wildman–Crippen LogP) is 0.842. The monoisotopic (exact) mass is 242 g/mol. The highest BCUT2D eigenvalue weighted by molar-refractivity contribution is 5.85. The first-order valence-corrected chi connectivity index (χ1v) is 6.18. The van der Waals surface area contributed by atoms with Gasteiger partial charge in [0, 0.05) is 20.0 Å². The molecule has 5 heteroatoms. The predicted molar refractivity (Wildman–Crippen MR) is 64.8 cm³/mol. The van der Waals surface area contributed by atoms with Gasteiger partial charge in [0.2, 0.25) is 5.91 Å². The van der Waals surface area contributed by atoms with Crippen molar-refractivity contribution in [2.45, 2.75) is 44.6 Å². The number of amides is 1. The van der Waals surface area contributed by atoms with E-state index in [0.717, 1.165) is 25.8 Å². The van der Waals surface area contributed by atoms with Gasteiger partial charge in [-0.15, -0.1) is 0 Å². The van der Waals surface area contributed by atoms with Crippen LogP contribution >= 0.6 is 0 Å². The first-order valence-electron chi connectivity index (χ1n) is 6.18. The van der Waals surface area contributed by atoms with Gasteiger partial charge in [0.05, 0.1) is 5.54 Å². The highest BCUT2D eigenvalue weighted by atomic mass is 16.4. The molecular weight excluding hydrogens is 220 g/mol. The lowest BCUT2D eigenvalue weighted by molar-refractivity contribution is -0.140. The molecule has 0 bridgehead atoms. The number of carbonyl (C=O) groups is 2. The Hall–Kier alpha value is -1.10. The fraction of sp³-hybridized carbons (Fsp3) is 0.833. The molecule has 0 aromatic rings. The zero-order valence-corrected chi connectivity index (χ0v) is 10.7. The van der Waals surface area contributed by atoms with Crippen LogP contribution in [0.3, 0.4) is 0 Å². The van der Waals surface area contributed by atoms with Crippen molar-refractivity contribution in [2.24, 2.45) is 0 Å². The van der Waals surface area contributed by atoms with E-state index < -0.39 is 11.5 Å². The number of nitrogens with one attached hydrogen (secondary N) is 1. The van der Waals surface area contributed by atoms with Gasteiger partial charge in [0.25, 0.3) is 0 Å². The summed E-state index contributed by atoms with van der Waals surface area (Å²) < 4.78 is 0. The van der Waals surface area contributed by atoms with Crippen LogP contribution in [0.1, 0.15) is 39.0 Å². The van der Waals surface area contributed by atoms with Crippen LogP contribution in [-0.4, -0.2) is 47.6 Å². The zero-order chi connectivity index (χ0) is 12.9. The minimum Gasteiger partial charge on any atom is -0.481 e. The van der Waals surface area contributed by atoms with E-state index in [-0.39, 0.29) is 12.3 Å². The Morgan fingerprint density at radius 2 is 2.12 bits per heavy atom. The number of hydrogen-bond donors (Lipinski definition) is 2. The van der Waals surface area contributed by atoms with Gasteiger partial charge in [-0.3, -0.25) is 9.59 Å². The fourth-order valence-corrected chi connectivity index (χ4v) is 2.23. The SMILES string of the molecule is CN(CCCC(=O)O)C(=O)C1(C)CCCCN1. The van der Waals surface area contributed by atoms with Gasteiger partial charge >= 0.3 is 5.97 Å². The molecule has 1 fully saturated rings. The highest BCUT2D eigenvalue weighted by Crippen LogP contribution is 2.20. The van der Waals surface area contributed by atoms with Crippen LogP contribution in [0.5, 0.6) is 0 Å². The lowest BCUT2D eigenvalue weighted by Gasteiger charge is -2.36. The van der Waals surface area contributed by atoms with Crippen molar-refractivity contribution in [3.05, 3.63) is 0 Å². The Morgan fingerprint density at radius 1 is 1.41 bits per heavy atom. The van der Waals surface area contributed by atoms with Crippen molar-refractivity contribution in [2.75, 3.05) is 20.1 Å². The number of nitrogens with zero attached hydrogens (tertiary/aromatic N) is 1. The minimum atomic E-state index is -0.812. The maximum absolute atomic E-state index is 12.2. The summed E-state index contributed by atoms with van der Waals surface area (Å²) in [5.41, 5.74) is -0.462. The molecule has 1 rings (SSSR count). The van der Waals surface area contributed by atoms with E-state index >= 15 is 0 Å². The average molecular weight is 242 g/mol. The molecule has 1 amide bonds. The molecular formula is C12H22N2O3. The van der Waals surface area contributed by atoms with Crippen LogP contribution < -0.4 is 5.32 Å². The average Bonchev–Trinajstić information content (AvgIpc) is 2.28. The number of rotatable bonds is 5. The quantitative estimate of drug-likeness (QED) is 0.749. The van der Waals surface area contributed by atoms with Crippen LogP contribution in [0.25, 0.3) is 0 Å². The van der Waals surface area contributed by atoms with Crippen LogP contribution in [0.4, 0.5) is 0 Å². The van der Waals surface area contributed by atoms with Crippen LogP contribution in [0.2, 0.25) is 0 Å². The fourth-order valence-electron chi connectivity index (χ4n) is 2.23. The molecule has 1 aliphatic rings. The van der Waals surface area contributed by atoms with Crippen molar-refractivity contribution in [3.63, 3.8) is 0 Å². The van der Waals surface area contributed by atoms with Crippen LogP contribution in [-0.2, 0) is 9.59 Å². The Morgan fingerprint density at radius 3 is 2.65 bits per heavy atom. The highest BCUT2D eigenvalue weighted by Gasteiger charge is 2.36. The Kier molecular flexibility index (Phi) is 4.93. The van der Waals surface area contributed by atoms with Crippen molar-refractivity contribution in [1.82, 2.24) is 10.2 Å². The number of carboxylic acid groups (broad SMARTS) is 1. The van der Waals surface area contributed by atoms with E-state index in [1.54, 1.807) is 11.9 Å². The molecule has 0 aliphatic carbocycles. The molecule has 0 spiro atoms. The normalized spacial score (nSPS) is 24.4. The summed E-state index contributed by atoms with van der Waals surface area (Å²) in [4.78, 5) is 24.3. The molecule has 1 heterocycles. The standard InChI is InChI=1S/C12H22N2O3/c1-12(7-3-4-8-13-12)11(17)14(2)9-5-6-10(15)16/h13H,3-9H2,1-2H3,(H,15,16). The summed E-state index contributed by atoms with van der Waals surface area (Å²) >= 11 is 0. The van der Waals surface area contributed by atoms with Gasteiger partial charge in [-0.1, -0.05) is 0 Å². The Labute approximate surface area is 102 Å². The zero-order valence-electron chi connectivity index (χ0n) is 10.7. The maximum atomic E-state index is 12.2. The number of hydrogen-bond acceptors (Lipinski definition) is 3. The Bertz CT molecular complexity index is 285. The van der Waals surface area contributed by atoms with Gasteiger partial charge < -0.3 is 15.3 Å². The van der Waals surface area contributed by atoms with E-state index in [9.17, 15) is 9.59 Å². The molecule has 2 N–H and O–H groups in total. The maximum Gasteiger partial charge on any atom is 0.303 e. The smallest absolute Gasteiger partial charge is 0.303 e. The molecule has 0 saturated carbocycles. The number of likely N-dealkylation sites (N-methyl/N-ethyl adjacent to an activating group) is 1. The topological polar surface area (TPSA) is 69.6 Å². The van der Waals surface area contributed by atoms with E-state index in [4.69, 9.17) is 5.11 Å². The van der Waals surface area contributed by atoms with Gasteiger partial charge in [-0.2, -0.15) is 0 Å². The van der Waals surface area contributed by atoms with Crippen molar-refractivity contribution in [3.8, 4) is 0 Å². The van der Waals surface area contributed by atoms with Crippen molar-refractivity contribution >= 4 is 11.9 Å². The van der Waals surface area contributed by atoms with Gasteiger partial charge in [0.15, 0.2) is 0 Å². The van der Waals surface area contributed by atoms with Gasteiger partial charge in [-0.25, -0.2) is 0 Å². The molecule has 17 heavy (non-hydrogen) atoms. The lowest BCUT2D eigenvalue weighted by atomic mass is 9.89. The van der Waals surface area contributed by atoms with Gasteiger partial charge in [0.1, 0.15) is 0 Å². The van der Waals surface area contributed by atoms with Crippen LogP contribution in [0, 0.1) is 0 Å². The second-order valence-electron chi connectivity index (χ2n) is 4.94. The minimum absolute atomic E-state index is 0.0718. The molecule has 1 atom stereocenters. The molecule has 0 aromatic carbocycles. The van der Waals surface area contributed by atoms with E-state index in [2.05, 4.69) is 5.32 Å². The van der Waals surface area contributed by atoms with Crippen molar-refractivity contribution in [1.29, 1.82) is 0 Å². The molecule has 0 radical (unpaired) electrons. The second kappa shape index (κ2) is 6.00. The number of carbonyl (C=O) groups excluding carboxylic acids is 1. The van der Waals surface area contributed by atoms with Gasteiger partial charge in [-0.05, 0) is 39.2 Å². The number of piperidine rings is 1. The lowest BCUT2D eigenvalue weighted by Crippen LogP contribution is -2.57. The third-order valence-corrected chi connectivity index (χ3v) is 3.32. The number of aliphatic carboxylic acids is 1. The van der Waals surface area contributed by atoms with E-state index in [0.29, 0.717) is 13.0 Å². The molecule has 1 aliphatic heterocycles. The first-order chi connectivity index (χ1) is 7.96. The van der Waals surface area contributed by atoms with Crippen molar-refractivity contribution < 1.29 is 14.7 Å². The summed E-state index contributed by atoms with van der Waals surface area (Å²) in [6, 6.07) is 0. The third-order valence-electron chi connectivity index (χ3n) is 3.32. The third kappa shape index (κ3) is 4.00. The largest absolute Gasteiger partial charge is 0.481 e. The first kappa shape index (κ1) is 14.0. The molecule has 1 saturated heterocycles. The summed E-state index contributed by atoms with van der Waals surface area (Å²) in [5, 5.41) is 11.8. The Balaban J connectivity index is 2.42. The summed E-state index contributed by atoms with van der Waals surface area (Å²) in [6.07, 6.45) is 3.66. The summed E-state index contributed by atoms with van der Waals surface area (Å²) in [5.74, 6) is -0.740. The summed E-state index contributed by atoms with van der Waals surface area (Å²) in [7, 11) is 1.74. The van der Waals surface area contributed by atoms with E-state index in [1.165, 1.54) is 0 Å². The number of carboxylic acids is 1. The summed E-state index contributed by atoms with van der Waals surface area (Å²) in [6.45, 7) is 3.32. The molecule has 5 nitrogen and oxygen atoms in total. The molecule has 0 aromatic heterocycles.